The van der Waals surface area contributed by atoms with Crippen molar-refractivity contribution in [3.8, 4) is 0 Å². The number of aliphatic hydroxyl groups excluding tert-OH is 1. The van der Waals surface area contributed by atoms with Gasteiger partial charge < -0.3 is 19.2 Å². The van der Waals surface area contributed by atoms with E-state index in [1.165, 1.54) is 6.26 Å². The Hall–Kier alpha value is -1.58. The van der Waals surface area contributed by atoms with Crippen LogP contribution in [0, 0.1) is 0 Å². The van der Waals surface area contributed by atoms with E-state index in [0.717, 1.165) is 11.4 Å². The molecule has 1 amide bonds. The molecule has 2 saturated heterocycles. The molecule has 1 N–H and O–H groups in total. The number of amides is 1. The highest BCUT2D eigenvalue weighted by molar-refractivity contribution is 5.92. The molecule has 1 aromatic rings. The van der Waals surface area contributed by atoms with Gasteiger partial charge in [0, 0.05) is 19.6 Å². The van der Waals surface area contributed by atoms with E-state index in [1.807, 2.05) is 4.90 Å². The number of alkyl halides is 2. The Morgan fingerprint density at radius 2 is 2.32 bits per heavy atom. The lowest BCUT2D eigenvalue weighted by atomic mass is 10.3. The van der Waals surface area contributed by atoms with Crippen LogP contribution in [0.15, 0.2) is 10.7 Å². The first-order valence-corrected chi connectivity index (χ1v) is 7.09. The van der Waals surface area contributed by atoms with Gasteiger partial charge in [-0.05, 0) is 6.42 Å². The quantitative estimate of drug-likeness (QED) is 0.864. The van der Waals surface area contributed by atoms with Crippen molar-refractivity contribution in [3.05, 3.63) is 17.8 Å². The van der Waals surface area contributed by atoms with Crippen LogP contribution < -0.4 is 0 Å². The number of aromatic nitrogens is 1. The molecule has 3 heterocycles. The van der Waals surface area contributed by atoms with Gasteiger partial charge in [0.25, 0.3) is 5.91 Å². The highest BCUT2D eigenvalue weighted by Gasteiger charge is 2.39. The number of hydrogen-bond donors (Lipinski definition) is 1. The zero-order valence-electron chi connectivity index (χ0n) is 11.9. The zero-order valence-corrected chi connectivity index (χ0v) is 11.9. The number of nitrogens with zero attached hydrogens (tertiary/aromatic N) is 3. The highest BCUT2D eigenvalue weighted by atomic mass is 19.3. The van der Waals surface area contributed by atoms with Gasteiger partial charge in [0.2, 0.25) is 5.89 Å². The van der Waals surface area contributed by atoms with E-state index in [4.69, 9.17) is 4.42 Å². The summed E-state index contributed by atoms with van der Waals surface area (Å²) in [6.07, 6.45) is -1.81. The van der Waals surface area contributed by atoms with Gasteiger partial charge in [0.15, 0.2) is 5.69 Å². The van der Waals surface area contributed by atoms with Gasteiger partial charge >= 0.3 is 6.11 Å². The summed E-state index contributed by atoms with van der Waals surface area (Å²) < 4.78 is 35.8. The number of aliphatic hydroxyl groups is 1. The minimum Gasteiger partial charge on any atom is -0.447 e. The fourth-order valence-electron chi connectivity index (χ4n) is 2.62. The van der Waals surface area contributed by atoms with Crippen LogP contribution in [-0.2, 0) is 11.3 Å². The molecule has 122 valence electrons. The number of morpholine rings is 1. The Labute approximate surface area is 125 Å². The number of carbonyl (C=O) groups excluding carboxylic acids is 1. The van der Waals surface area contributed by atoms with Crippen LogP contribution in [0.1, 0.15) is 22.8 Å². The van der Waals surface area contributed by atoms with Gasteiger partial charge in [-0.2, -0.15) is 8.78 Å². The van der Waals surface area contributed by atoms with Gasteiger partial charge in [-0.3, -0.25) is 9.69 Å². The highest BCUT2D eigenvalue weighted by Crippen LogP contribution is 2.22. The second kappa shape index (κ2) is 5.90. The summed E-state index contributed by atoms with van der Waals surface area (Å²) in [5.74, 6) is -0.267. The number of carbonyl (C=O) groups is 1. The summed E-state index contributed by atoms with van der Waals surface area (Å²) in [5.41, 5.74) is 0.00689. The number of rotatable bonds is 3. The van der Waals surface area contributed by atoms with Crippen molar-refractivity contribution in [2.24, 2.45) is 0 Å². The first kappa shape index (κ1) is 15.3. The molecule has 2 fully saturated rings. The van der Waals surface area contributed by atoms with E-state index in [1.54, 1.807) is 0 Å². The maximum atomic E-state index is 13.2. The standard InChI is InChI=1S/C13H17F2N3O4/c14-13(15)8-18(3-4-22-13)12(20)10-7-21-11(16-10)6-17-2-1-9(19)5-17/h7,9,19H,1-6,8H2/t9-/m0/s1. The third kappa shape index (κ3) is 3.42. The molecule has 0 radical (unpaired) electrons. The van der Waals surface area contributed by atoms with E-state index >= 15 is 0 Å². The molecular weight excluding hydrogens is 300 g/mol. The molecule has 0 bridgehead atoms. The van der Waals surface area contributed by atoms with Crippen LogP contribution in [0.2, 0.25) is 0 Å². The summed E-state index contributed by atoms with van der Waals surface area (Å²) in [7, 11) is 0. The molecule has 0 aromatic carbocycles. The van der Waals surface area contributed by atoms with Crippen LogP contribution in [0.4, 0.5) is 8.78 Å². The van der Waals surface area contributed by atoms with Crippen molar-refractivity contribution < 1.29 is 27.8 Å². The average molecular weight is 317 g/mol. The Morgan fingerprint density at radius 3 is 3.00 bits per heavy atom. The SMILES string of the molecule is O=C(c1coc(CN2CC[C@H](O)C2)n1)N1CCOC(F)(F)C1. The number of halogens is 2. The zero-order chi connectivity index (χ0) is 15.7. The maximum Gasteiger partial charge on any atom is 0.373 e. The molecule has 2 aliphatic rings. The lowest BCUT2D eigenvalue weighted by molar-refractivity contribution is -0.263. The summed E-state index contributed by atoms with van der Waals surface area (Å²) in [4.78, 5) is 19.2. The van der Waals surface area contributed by atoms with Crippen LogP contribution in [0.3, 0.4) is 0 Å². The van der Waals surface area contributed by atoms with Gasteiger partial charge in [0.1, 0.15) is 12.8 Å². The molecule has 1 aromatic heterocycles. The Bertz CT molecular complexity index is 551. The first-order chi connectivity index (χ1) is 10.4. The third-order valence-electron chi connectivity index (χ3n) is 3.71. The van der Waals surface area contributed by atoms with E-state index in [9.17, 15) is 18.7 Å². The lowest BCUT2D eigenvalue weighted by Crippen LogP contribution is -2.49. The molecule has 0 aliphatic carbocycles. The molecule has 2 aliphatic heterocycles. The first-order valence-electron chi connectivity index (χ1n) is 7.09. The number of ether oxygens (including phenoxy) is 1. The van der Waals surface area contributed by atoms with E-state index in [-0.39, 0.29) is 24.9 Å². The number of likely N-dealkylation sites (tertiary alicyclic amines) is 1. The number of oxazole rings is 1. The molecular formula is C13H17F2N3O4. The van der Waals surface area contributed by atoms with Crippen LogP contribution in [-0.4, -0.2) is 70.8 Å². The Kier molecular flexibility index (Phi) is 4.11. The van der Waals surface area contributed by atoms with E-state index in [2.05, 4.69) is 9.72 Å². The predicted molar refractivity (Wildman–Crippen MR) is 69.2 cm³/mol. The van der Waals surface area contributed by atoms with E-state index < -0.39 is 18.6 Å². The lowest BCUT2D eigenvalue weighted by Gasteiger charge is -2.31. The van der Waals surface area contributed by atoms with Gasteiger partial charge in [0.05, 0.1) is 19.3 Å². The summed E-state index contributed by atoms with van der Waals surface area (Å²) in [6, 6.07) is 0. The van der Waals surface area contributed by atoms with Crippen molar-refractivity contribution >= 4 is 5.91 Å². The fraction of sp³-hybridized carbons (Fsp3) is 0.692. The summed E-state index contributed by atoms with van der Waals surface area (Å²) in [6.45, 7) is 0.726. The topological polar surface area (TPSA) is 79.0 Å². The third-order valence-corrected chi connectivity index (χ3v) is 3.71. The minimum absolute atomic E-state index is 0.00689. The molecule has 7 nitrogen and oxygen atoms in total. The largest absolute Gasteiger partial charge is 0.447 e. The van der Waals surface area contributed by atoms with Crippen molar-refractivity contribution in [2.75, 3.05) is 32.8 Å². The molecule has 0 spiro atoms. The van der Waals surface area contributed by atoms with Crippen molar-refractivity contribution in [1.82, 2.24) is 14.8 Å². The van der Waals surface area contributed by atoms with Gasteiger partial charge in [-0.15, -0.1) is 0 Å². The molecule has 0 unspecified atom stereocenters. The molecule has 3 rings (SSSR count). The fourth-order valence-corrected chi connectivity index (χ4v) is 2.62. The normalized spacial score (nSPS) is 25.6. The predicted octanol–water partition coefficient (Wildman–Crippen LogP) is 0.306. The summed E-state index contributed by atoms with van der Waals surface area (Å²) >= 11 is 0. The van der Waals surface area contributed by atoms with Crippen molar-refractivity contribution in [3.63, 3.8) is 0 Å². The number of β-amino-alcohol motifs (C(OH)–C–C–N with tert-alkyl or cyclic N) is 1. The monoisotopic (exact) mass is 317 g/mol. The summed E-state index contributed by atoms with van der Waals surface area (Å²) in [5, 5.41) is 9.45. The van der Waals surface area contributed by atoms with Crippen LogP contribution >= 0.6 is 0 Å². The van der Waals surface area contributed by atoms with Crippen molar-refractivity contribution in [2.45, 2.75) is 25.2 Å². The number of hydrogen-bond acceptors (Lipinski definition) is 6. The van der Waals surface area contributed by atoms with Gasteiger partial charge in [-0.25, -0.2) is 4.98 Å². The van der Waals surface area contributed by atoms with Crippen LogP contribution in [0.5, 0.6) is 0 Å². The minimum atomic E-state index is -3.33. The van der Waals surface area contributed by atoms with Crippen molar-refractivity contribution in [1.29, 1.82) is 0 Å². The second-order valence-corrected chi connectivity index (χ2v) is 5.52. The second-order valence-electron chi connectivity index (χ2n) is 5.52. The molecule has 22 heavy (non-hydrogen) atoms. The maximum absolute atomic E-state index is 13.2. The smallest absolute Gasteiger partial charge is 0.373 e. The molecule has 9 heteroatoms. The Balaban J connectivity index is 1.62. The van der Waals surface area contributed by atoms with Gasteiger partial charge in [-0.1, -0.05) is 0 Å². The average Bonchev–Trinajstić information content (AvgIpc) is 3.07. The molecule has 1 atom stereocenters. The van der Waals surface area contributed by atoms with Crippen LogP contribution in [0.25, 0.3) is 0 Å². The molecule has 0 saturated carbocycles. The Morgan fingerprint density at radius 1 is 1.50 bits per heavy atom. The van der Waals surface area contributed by atoms with E-state index in [0.29, 0.717) is 25.4 Å².